The van der Waals surface area contributed by atoms with Crippen molar-refractivity contribution in [2.45, 2.75) is 13.0 Å². The second-order valence-electron chi connectivity index (χ2n) is 6.94. The second-order valence-corrected chi connectivity index (χ2v) is 7.85. The number of nitrogens with zero attached hydrogens (tertiary/aromatic N) is 2. The number of aryl methyl sites for hydroxylation is 1. The van der Waals surface area contributed by atoms with E-state index in [1.54, 1.807) is 35.2 Å². The Morgan fingerprint density at radius 2 is 1.72 bits per heavy atom. The summed E-state index contributed by atoms with van der Waals surface area (Å²) < 4.78 is 6.84. The van der Waals surface area contributed by atoms with Gasteiger partial charge in [0.25, 0.3) is 5.91 Å². The van der Waals surface area contributed by atoms with Gasteiger partial charge in [0.1, 0.15) is 11.4 Å². The smallest absolute Gasteiger partial charge is 0.296 e. The van der Waals surface area contributed by atoms with E-state index in [0.717, 1.165) is 15.7 Å². The van der Waals surface area contributed by atoms with Crippen LogP contribution in [0.1, 0.15) is 33.4 Å². The van der Waals surface area contributed by atoms with Gasteiger partial charge in [-0.3, -0.25) is 14.5 Å². The second kappa shape index (κ2) is 6.67. The molecule has 0 N–H and O–H groups in total. The van der Waals surface area contributed by atoms with E-state index in [2.05, 4.69) is 20.9 Å². The highest BCUT2D eigenvalue weighted by Gasteiger charge is 2.44. The Morgan fingerprint density at radius 1 is 0.966 bits per heavy atom. The van der Waals surface area contributed by atoms with Gasteiger partial charge < -0.3 is 4.42 Å². The van der Waals surface area contributed by atoms with Crippen molar-refractivity contribution in [2.75, 3.05) is 4.90 Å². The maximum Gasteiger partial charge on any atom is 0.296 e. The van der Waals surface area contributed by atoms with Crippen molar-refractivity contribution in [2.24, 2.45) is 0 Å². The summed E-state index contributed by atoms with van der Waals surface area (Å²) in [6, 6.07) is 19.4. The molecule has 6 heteroatoms. The largest absolute Gasteiger partial charge is 0.450 e. The van der Waals surface area contributed by atoms with Gasteiger partial charge in [-0.05, 0) is 48.9 Å². The molecule has 0 unspecified atom stereocenters. The zero-order chi connectivity index (χ0) is 20.1. The van der Waals surface area contributed by atoms with E-state index < -0.39 is 6.04 Å². The number of halogens is 1. The Kier molecular flexibility index (Phi) is 4.10. The van der Waals surface area contributed by atoms with Gasteiger partial charge in [0.2, 0.25) is 5.76 Å². The Hall–Kier alpha value is -3.25. The molecule has 29 heavy (non-hydrogen) atoms. The lowest BCUT2D eigenvalue weighted by Gasteiger charge is -2.24. The summed E-state index contributed by atoms with van der Waals surface area (Å²) in [4.78, 5) is 32.9. The first-order valence-electron chi connectivity index (χ1n) is 9.13. The number of para-hydroxylation sites is 1. The number of pyridine rings is 1. The number of fused-ring (bicyclic) bond motifs is 2. The van der Waals surface area contributed by atoms with Crippen LogP contribution in [0.15, 0.2) is 80.4 Å². The highest BCUT2D eigenvalue weighted by atomic mass is 79.9. The molecular formula is C23H15BrN2O3. The maximum atomic E-state index is 13.4. The molecule has 0 fully saturated rings. The van der Waals surface area contributed by atoms with Gasteiger partial charge in [-0.2, -0.15) is 0 Å². The van der Waals surface area contributed by atoms with Crippen LogP contribution in [0.5, 0.6) is 0 Å². The molecule has 0 spiro atoms. The van der Waals surface area contributed by atoms with E-state index in [0.29, 0.717) is 22.4 Å². The van der Waals surface area contributed by atoms with Crippen molar-refractivity contribution in [1.29, 1.82) is 0 Å². The summed E-state index contributed by atoms with van der Waals surface area (Å²) in [5, 5.41) is 0.459. The molecule has 2 aromatic carbocycles. The van der Waals surface area contributed by atoms with Gasteiger partial charge in [-0.1, -0.05) is 46.3 Å². The molecule has 0 saturated heterocycles. The highest BCUT2D eigenvalue weighted by Crippen LogP contribution is 2.40. The molecule has 142 valence electrons. The van der Waals surface area contributed by atoms with Crippen molar-refractivity contribution >= 4 is 38.6 Å². The summed E-state index contributed by atoms with van der Waals surface area (Å²) in [6.07, 6.45) is 0. The van der Waals surface area contributed by atoms with Crippen LogP contribution in [0.4, 0.5) is 5.82 Å². The fourth-order valence-electron chi connectivity index (χ4n) is 3.78. The molecule has 1 aliphatic heterocycles. The molecule has 0 radical (unpaired) electrons. The first-order chi connectivity index (χ1) is 14.0. The molecule has 1 aliphatic rings. The van der Waals surface area contributed by atoms with E-state index in [4.69, 9.17) is 4.42 Å². The normalized spacial score (nSPS) is 15.7. The number of rotatable bonds is 2. The van der Waals surface area contributed by atoms with E-state index in [1.807, 2.05) is 43.3 Å². The monoisotopic (exact) mass is 446 g/mol. The van der Waals surface area contributed by atoms with Crippen molar-refractivity contribution in [3.63, 3.8) is 0 Å². The summed E-state index contributed by atoms with van der Waals surface area (Å²) in [5.74, 6) is 0.191. The molecule has 2 aromatic heterocycles. The number of benzene rings is 2. The number of amides is 1. The third-order valence-electron chi connectivity index (χ3n) is 5.08. The number of aromatic nitrogens is 1. The third-order valence-corrected chi connectivity index (χ3v) is 5.61. The fraction of sp³-hybridized carbons (Fsp3) is 0.0870. The van der Waals surface area contributed by atoms with E-state index in [1.165, 1.54) is 0 Å². The summed E-state index contributed by atoms with van der Waals surface area (Å²) in [7, 11) is 0. The van der Waals surface area contributed by atoms with Crippen LogP contribution in [0.25, 0.3) is 11.0 Å². The number of hydrogen-bond donors (Lipinski definition) is 0. The minimum Gasteiger partial charge on any atom is -0.450 e. The minimum atomic E-state index is -0.610. The van der Waals surface area contributed by atoms with Gasteiger partial charge >= 0.3 is 0 Å². The van der Waals surface area contributed by atoms with E-state index in [-0.39, 0.29) is 17.1 Å². The Bertz CT molecular complexity index is 1330. The van der Waals surface area contributed by atoms with Gasteiger partial charge in [0, 0.05) is 10.2 Å². The Labute approximate surface area is 174 Å². The van der Waals surface area contributed by atoms with Gasteiger partial charge in [-0.25, -0.2) is 4.98 Å². The molecule has 5 rings (SSSR count). The molecule has 3 heterocycles. The van der Waals surface area contributed by atoms with Crippen LogP contribution in [-0.4, -0.2) is 10.9 Å². The number of carbonyl (C=O) groups is 1. The fourth-order valence-corrected chi connectivity index (χ4v) is 4.04. The van der Waals surface area contributed by atoms with E-state index in [9.17, 15) is 9.59 Å². The molecule has 0 aliphatic carbocycles. The van der Waals surface area contributed by atoms with Crippen LogP contribution in [0.2, 0.25) is 0 Å². The number of hydrogen-bond acceptors (Lipinski definition) is 4. The van der Waals surface area contributed by atoms with Crippen molar-refractivity contribution < 1.29 is 9.21 Å². The predicted molar refractivity (Wildman–Crippen MR) is 114 cm³/mol. The Morgan fingerprint density at radius 3 is 2.48 bits per heavy atom. The maximum absolute atomic E-state index is 13.4. The molecule has 1 atom stereocenters. The minimum absolute atomic E-state index is 0.0740. The van der Waals surface area contributed by atoms with Crippen LogP contribution in [-0.2, 0) is 0 Å². The molecule has 0 saturated carbocycles. The molecule has 5 nitrogen and oxygen atoms in total. The Balaban J connectivity index is 1.82. The van der Waals surface area contributed by atoms with Crippen molar-refractivity contribution in [3.8, 4) is 0 Å². The van der Waals surface area contributed by atoms with E-state index >= 15 is 0 Å². The molecule has 4 aromatic rings. The van der Waals surface area contributed by atoms with Crippen LogP contribution < -0.4 is 10.3 Å². The van der Waals surface area contributed by atoms with Gasteiger partial charge in [-0.15, -0.1) is 0 Å². The lowest BCUT2D eigenvalue weighted by Crippen LogP contribution is -2.30. The quantitative estimate of drug-likeness (QED) is 0.434. The molecule has 0 bridgehead atoms. The van der Waals surface area contributed by atoms with Crippen molar-refractivity contribution in [1.82, 2.24) is 4.98 Å². The van der Waals surface area contributed by atoms with Crippen LogP contribution in [0.3, 0.4) is 0 Å². The topological polar surface area (TPSA) is 63.4 Å². The van der Waals surface area contributed by atoms with Crippen LogP contribution in [0, 0.1) is 6.92 Å². The van der Waals surface area contributed by atoms with Crippen molar-refractivity contribution in [3.05, 3.63) is 104 Å². The summed E-state index contributed by atoms with van der Waals surface area (Å²) in [5.41, 5.74) is 2.15. The SMILES string of the molecule is Cc1cccc(N2C(=O)c3oc4ccccc4c(=O)c3[C@H]2c2ccc(Br)cc2)n1. The highest BCUT2D eigenvalue weighted by molar-refractivity contribution is 9.10. The summed E-state index contributed by atoms with van der Waals surface area (Å²) >= 11 is 3.44. The van der Waals surface area contributed by atoms with Crippen LogP contribution >= 0.6 is 15.9 Å². The first kappa shape index (κ1) is 17.8. The molecular weight excluding hydrogens is 432 g/mol. The molecule has 1 amide bonds. The lowest BCUT2D eigenvalue weighted by atomic mass is 9.98. The van der Waals surface area contributed by atoms with Gasteiger partial charge in [0.15, 0.2) is 5.43 Å². The number of carbonyl (C=O) groups excluding carboxylic acids is 1. The average molecular weight is 447 g/mol. The summed E-state index contributed by atoms with van der Waals surface area (Å²) in [6.45, 7) is 1.86. The first-order valence-corrected chi connectivity index (χ1v) is 9.92. The standard InChI is InChI=1S/C23H15BrN2O3/c1-13-5-4-8-18(25-13)26-20(14-9-11-15(24)12-10-14)19-21(27)16-6-2-3-7-17(16)29-22(19)23(26)28/h2-12,20H,1H3/t20-/m1/s1. The zero-order valence-corrected chi connectivity index (χ0v) is 17.0. The third kappa shape index (κ3) is 2.79. The number of anilines is 1. The predicted octanol–water partition coefficient (Wildman–Crippen LogP) is 5.01. The van der Waals surface area contributed by atoms with Gasteiger partial charge in [0.05, 0.1) is 17.0 Å². The average Bonchev–Trinajstić information content (AvgIpc) is 3.02. The lowest BCUT2D eigenvalue weighted by molar-refractivity contribution is 0.0970. The zero-order valence-electron chi connectivity index (χ0n) is 15.4.